The number of ether oxygens (including phenoxy) is 1. The van der Waals surface area contributed by atoms with Crippen LogP contribution >= 0.6 is 0 Å². The molecule has 0 saturated carbocycles. The summed E-state index contributed by atoms with van der Waals surface area (Å²) in [6.45, 7) is 1.99. The first kappa shape index (κ1) is 11.6. The molecule has 2 aromatic carbocycles. The molecule has 0 aliphatic rings. The van der Waals surface area contributed by atoms with E-state index >= 15 is 0 Å². The monoisotopic (exact) mass is 254 g/mol. The van der Waals surface area contributed by atoms with Gasteiger partial charge in [0.25, 0.3) is 0 Å². The number of aryl methyl sites for hydroxylation is 1. The van der Waals surface area contributed by atoms with Crippen molar-refractivity contribution in [3.8, 4) is 17.2 Å². The molecule has 3 aromatic rings. The van der Waals surface area contributed by atoms with Crippen molar-refractivity contribution < 1.29 is 9.15 Å². The highest BCUT2D eigenvalue weighted by atomic mass is 16.5. The number of hydrogen-bond donors (Lipinski definition) is 1. The van der Waals surface area contributed by atoms with Gasteiger partial charge in [0.05, 0.1) is 12.8 Å². The molecular formula is C15H14N2O2. The summed E-state index contributed by atoms with van der Waals surface area (Å²) in [5.41, 5.74) is 9.82. The van der Waals surface area contributed by atoms with E-state index in [2.05, 4.69) is 4.98 Å². The predicted molar refractivity (Wildman–Crippen MR) is 75.1 cm³/mol. The summed E-state index contributed by atoms with van der Waals surface area (Å²) in [6, 6.07) is 11.4. The quantitative estimate of drug-likeness (QED) is 0.712. The molecule has 0 radical (unpaired) electrons. The smallest absolute Gasteiger partial charge is 0.227 e. The van der Waals surface area contributed by atoms with Gasteiger partial charge in [-0.25, -0.2) is 4.98 Å². The zero-order valence-corrected chi connectivity index (χ0v) is 10.8. The van der Waals surface area contributed by atoms with Crippen molar-refractivity contribution in [3.63, 3.8) is 0 Å². The molecule has 0 fully saturated rings. The fourth-order valence-electron chi connectivity index (χ4n) is 2.05. The van der Waals surface area contributed by atoms with Gasteiger partial charge in [0.2, 0.25) is 5.89 Å². The van der Waals surface area contributed by atoms with Crippen LogP contribution < -0.4 is 10.5 Å². The van der Waals surface area contributed by atoms with Crippen LogP contribution in [0.2, 0.25) is 0 Å². The van der Waals surface area contributed by atoms with Gasteiger partial charge >= 0.3 is 0 Å². The predicted octanol–water partition coefficient (Wildman–Crippen LogP) is 3.39. The van der Waals surface area contributed by atoms with E-state index in [1.54, 1.807) is 7.11 Å². The van der Waals surface area contributed by atoms with Crippen LogP contribution in [0.5, 0.6) is 5.75 Å². The first-order chi connectivity index (χ1) is 9.19. The number of hydrogen-bond acceptors (Lipinski definition) is 4. The van der Waals surface area contributed by atoms with Gasteiger partial charge in [0, 0.05) is 5.56 Å². The number of rotatable bonds is 2. The Morgan fingerprint density at radius 1 is 1.21 bits per heavy atom. The first-order valence-corrected chi connectivity index (χ1v) is 5.99. The van der Waals surface area contributed by atoms with Crippen LogP contribution in [0.1, 0.15) is 5.56 Å². The first-order valence-electron chi connectivity index (χ1n) is 5.99. The SMILES string of the molecule is COc1cc(-c2nc3c(N)cccc3o2)ccc1C. The third kappa shape index (κ3) is 1.91. The maximum atomic E-state index is 5.88. The van der Waals surface area contributed by atoms with Gasteiger partial charge in [-0.2, -0.15) is 0 Å². The number of benzene rings is 2. The minimum Gasteiger partial charge on any atom is -0.496 e. The van der Waals surface area contributed by atoms with Gasteiger partial charge in [-0.15, -0.1) is 0 Å². The van der Waals surface area contributed by atoms with Crippen LogP contribution in [0, 0.1) is 6.92 Å². The normalized spacial score (nSPS) is 10.8. The lowest BCUT2D eigenvalue weighted by Crippen LogP contribution is -1.88. The lowest BCUT2D eigenvalue weighted by atomic mass is 10.1. The summed E-state index contributed by atoms with van der Waals surface area (Å²) in [5.74, 6) is 1.36. The second-order valence-electron chi connectivity index (χ2n) is 4.40. The Morgan fingerprint density at radius 2 is 2.05 bits per heavy atom. The second kappa shape index (κ2) is 4.31. The standard InChI is InChI=1S/C15H14N2O2/c1-9-6-7-10(8-13(9)18-2)15-17-14-11(16)4-3-5-12(14)19-15/h3-8H,16H2,1-2H3. The second-order valence-corrected chi connectivity index (χ2v) is 4.40. The molecular weight excluding hydrogens is 240 g/mol. The molecule has 0 amide bonds. The molecule has 2 N–H and O–H groups in total. The number of methoxy groups -OCH3 is 1. The van der Waals surface area contributed by atoms with E-state index in [0.29, 0.717) is 22.7 Å². The molecule has 0 unspecified atom stereocenters. The third-order valence-corrected chi connectivity index (χ3v) is 3.11. The summed E-state index contributed by atoms with van der Waals surface area (Å²) < 4.78 is 11.0. The average Bonchev–Trinajstić information content (AvgIpc) is 2.85. The number of aromatic nitrogens is 1. The van der Waals surface area contributed by atoms with Crippen molar-refractivity contribution in [2.75, 3.05) is 12.8 Å². The van der Waals surface area contributed by atoms with E-state index in [1.807, 2.05) is 43.3 Å². The Balaban J connectivity index is 2.16. The lowest BCUT2D eigenvalue weighted by molar-refractivity contribution is 0.411. The van der Waals surface area contributed by atoms with Crippen molar-refractivity contribution in [2.24, 2.45) is 0 Å². The topological polar surface area (TPSA) is 61.3 Å². The summed E-state index contributed by atoms with van der Waals surface area (Å²) in [4.78, 5) is 4.44. The minimum absolute atomic E-state index is 0.547. The number of para-hydroxylation sites is 1. The highest BCUT2D eigenvalue weighted by Gasteiger charge is 2.11. The van der Waals surface area contributed by atoms with Crippen LogP contribution in [-0.2, 0) is 0 Å². The molecule has 0 spiro atoms. The molecule has 0 saturated heterocycles. The van der Waals surface area contributed by atoms with Gasteiger partial charge in [0.15, 0.2) is 5.58 Å². The molecule has 0 aliphatic heterocycles. The third-order valence-electron chi connectivity index (χ3n) is 3.11. The fraction of sp³-hybridized carbons (Fsp3) is 0.133. The number of oxazole rings is 1. The van der Waals surface area contributed by atoms with Gasteiger partial charge in [-0.05, 0) is 36.8 Å². The summed E-state index contributed by atoms with van der Waals surface area (Å²) in [6.07, 6.45) is 0. The minimum atomic E-state index is 0.547. The van der Waals surface area contributed by atoms with Crippen LogP contribution in [0.15, 0.2) is 40.8 Å². The molecule has 96 valence electrons. The highest BCUT2D eigenvalue weighted by molar-refractivity contribution is 5.87. The maximum absolute atomic E-state index is 5.88. The van der Waals surface area contributed by atoms with Crippen molar-refractivity contribution in [3.05, 3.63) is 42.0 Å². The van der Waals surface area contributed by atoms with E-state index in [4.69, 9.17) is 14.9 Å². The van der Waals surface area contributed by atoms with E-state index in [-0.39, 0.29) is 0 Å². The summed E-state index contributed by atoms with van der Waals surface area (Å²) in [7, 11) is 1.65. The molecule has 4 heteroatoms. The Kier molecular flexibility index (Phi) is 2.63. The van der Waals surface area contributed by atoms with Gasteiger partial charge in [-0.3, -0.25) is 0 Å². The number of nitrogens with two attached hydrogens (primary N) is 1. The molecule has 19 heavy (non-hydrogen) atoms. The van der Waals surface area contributed by atoms with Gasteiger partial charge < -0.3 is 14.9 Å². The molecule has 1 heterocycles. The van der Waals surface area contributed by atoms with Crippen molar-refractivity contribution in [1.82, 2.24) is 4.98 Å². The molecule has 1 aromatic heterocycles. The maximum Gasteiger partial charge on any atom is 0.227 e. The molecule has 0 atom stereocenters. The Hall–Kier alpha value is -2.49. The molecule has 4 nitrogen and oxygen atoms in total. The lowest BCUT2D eigenvalue weighted by Gasteiger charge is -2.05. The summed E-state index contributed by atoms with van der Waals surface area (Å²) in [5, 5.41) is 0. The van der Waals surface area contributed by atoms with Crippen LogP contribution in [-0.4, -0.2) is 12.1 Å². The van der Waals surface area contributed by atoms with Gasteiger partial charge in [0.1, 0.15) is 11.3 Å². The fourth-order valence-corrected chi connectivity index (χ4v) is 2.05. The number of nitrogens with zero attached hydrogens (tertiary/aromatic N) is 1. The Morgan fingerprint density at radius 3 is 2.79 bits per heavy atom. The van der Waals surface area contributed by atoms with Gasteiger partial charge in [-0.1, -0.05) is 12.1 Å². The highest BCUT2D eigenvalue weighted by Crippen LogP contribution is 2.30. The molecule has 3 rings (SSSR count). The summed E-state index contributed by atoms with van der Waals surface area (Å²) >= 11 is 0. The average molecular weight is 254 g/mol. The van der Waals surface area contributed by atoms with Crippen molar-refractivity contribution in [2.45, 2.75) is 6.92 Å². The zero-order chi connectivity index (χ0) is 13.4. The Labute approximate surface area is 110 Å². The molecule has 0 bridgehead atoms. The zero-order valence-electron chi connectivity index (χ0n) is 10.8. The van der Waals surface area contributed by atoms with Crippen LogP contribution in [0.3, 0.4) is 0 Å². The van der Waals surface area contributed by atoms with Crippen molar-refractivity contribution >= 4 is 16.8 Å². The Bertz CT molecular complexity index is 747. The van der Waals surface area contributed by atoms with E-state index in [9.17, 15) is 0 Å². The number of nitrogen functional groups attached to an aromatic ring is 1. The van der Waals surface area contributed by atoms with Crippen molar-refractivity contribution in [1.29, 1.82) is 0 Å². The van der Waals surface area contributed by atoms with E-state index < -0.39 is 0 Å². The van der Waals surface area contributed by atoms with E-state index in [1.165, 1.54) is 0 Å². The number of anilines is 1. The van der Waals surface area contributed by atoms with Crippen LogP contribution in [0.25, 0.3) is 22.6 Å². The number of fused-ring (bicyclic) bond motifs is 1. The largest absolute Gasteiger partial charge is 0.496 e. The van der Waals surface area contributed by atoms with E-state index in [0.717, 1.165) is 16.9 Å². The van der Waals surface area contributed by atoms with Crippen LogP contribution in [0.4, 0.5) is 5.69 Å². The molecule has 0 aliphatic carbocycles.